The molecule has 0 aromatic carbocycles. The largest absolute Gasteiger partial charge is 0.481 e. The quantitative estimate of drug-likeness (QED) is 0.925. The minimum absolute atomic E-state index is 0.0180. The van der Waals surface area contributed by atoms with Crippen molar-refractivity contribution in [3.63, 3.8) is 0 Å². The third-order valence-corrected chi connectivity index (χ3v) is 4.58. The summed E-state index contributed by atoms with van der Waals surface area (Å²) in [6.07, 6.45) is 1.92. The number of carbonyl (C=O) groups excluding carboxylic acids is 1. The van der Waals surface area contributed by atoms with Gasteiger partial charge in [0.25, 0.3) is 5.91 Å². The molecule has 1 aliphatic heterocycles. The molecule has 5 nitrogen and oxygen atoms in total. The molecule has 0 spiro atoms. The van der Waals surface area contributed by atoms with E-state index in [-0.39, 0.29) is 18.4 Å². The summed E-state index contributed by atoms with van der Waals surface area (Å²) in [5, 5.41) is 9.45. The van der Waals surface area contributed by atoms with Crippen molar-refractivity contribution in [2.45, 2.75) is 20.3 Å². The number of rotatable bonds is 3. The van der Waals surface area contributed by atoms with Crippen molar-refractivity contribution in [3.05, 3.63) is 22.6 Å². The Balaban J connectivity index is 2.20. The van der Waals surface area contributed by atoms with E-state index in [1.165, 1.54) is 6.26 Å². The van der Waals surface area contributed by atoms with Crippen molar-refractivity contribution >= 4 is 27.8 Å². The summed E-state index contributed by atoms with van der Waals surface area (Å²) in [5.74, 6) is -1.04. The minimum atomic E-state index is -0.841. The average molecular weight is 330 g/mol. The fourth-order valence-electron chi connectivity index (χ4n) is 2.52. The van der Waals surface area contributed by atoms with Gasteiger partial charge in [0.15, 0.2) is 4.67 Å². The highest BCUT2D eigenvalue weighted by Crippen LogP contribution is 2.39. The molecular formula is C13H16BrNO4. The van der Waals surface area contributed by atoms with Gasteiger partial charge >= 0.3 is 5.97 Å². The summed E-state index contributed by atoms with van der Waals surface area (Å²) in [7, 11) is 0. The molecule has 1 amide bonds. The van der Waals surface area contributed by atoms with E-state index in [2.05, 4.69) is 15.9 Å². The lowest BCUT2D eigenvalue weighted by Crippen LogP contribution is -2.40. The van der Waals surface area contributed by atoms with E-state index < -0.39 is 11.4 Å². The molecule has 104 valence electrons. The van der Waals surface area contributed by atoms with Crippen LogP contribution in [0.1, 0.15) is 30.6 Å². The Labute approximate surface area is 119 Å². The van der Waals surface area contributed by atoms with Gasteiger partial charge in [0.2, 0.25) is 0 Å². The van der Waals surface area contributed by atoms with Crippen LogP contribution in [0.5, 0.6) is 0 Å². The van der Waals surface area contributed by atoms with E-state index in [1.807, 2.05) is 13.8 Å². The van der Waals surface area contributed by atoms with Crippen LogP contribution in [0, 0.1) is 11.3 Å². The predicted octanol–water partition coefficient (Wildman–Crippen LogP) is 2.62. The van der Waals surface area contributed by atoms with Gasteiger partial charge in [-0.1, -0.05) is 13.8 Å². The number of carbonyl (C=O) groups is 2. The number of nitrogens with zero attached hydrogens (tertiary/aromatic N) is 1. The maximum Gasteiger partial charge on any atom is 0.311 e. The van der Waals surface area contributed by atoms with E-state index in [9.17, 15) is 14.7 Å². The van der Waals surface area contributed by atoms with E-state index in [0.29, 0.717) is 23.2 Å². The molecular weight excluding hydrogens is 314 g/mol. The predicted molar refractivity (Wildman–Crippen MR) is 71.8 cm³/mol. The van der Waals surface area contributed by atoms with Crippen LogP contribution in [0.15, 0.2) is 21.4 Å². The SMILES string of the molecule is CC(C)C1(C(=O)O)CCN(C(=O)c2ccoc2Br)C1. The number of carboxylic acid groups (broad SMARTS) is 1. The summed E-state index contributed by atoms with van der Waals surface area (Å²) in [4.78, 5) is 25.4. The molecule has 0 saturated carbocycles. The lowest BCUT2D eigenvalue weighted by molar-refractivity contribution is -0.150. The van der Waals surface area contributed by atoms with Crippen molar-refractivity contribution < 1.29 is 19.1 Å². The monoisotopic (exact) mass is 329 g/mol. The van der Waals surface area contributed by atoms with E-state index >= 15 is 0 Å². The second-order valence-corrected chi connectivity index (χ2v) is 5.92. The molecule has 1 N–H and O–H groups in total. The molecule has 2 heterocycles. The van der Waals surface area contributed by atoms with Crippen molar-refractivity contribution in [1.82, 2.24) is 4.90 Å². The molecule has 1 atom stereocenters. The van der Waals surface area contributed by atoms with E-state index in [1.54, 1.807) is 11.0 Å². The number of hydrogen-bond acceptors (Lipinski definition) is 3. The maximum atomic E-state index is 12.3. The lowest BCUT2D eigenvalue weighted by atomic mass is 9.76. The van der Waals surface area contributed by atoms with Crippen LogP contribution in [0.4, 0.5) is 0 Å². The highest BCUT2D eigenvalue weighted by Gasteiger charge is 2.48. The first kappa shape index (κ1) is 14.1. The molecule has 1 aliphatic rings. The third-order valence-electron chi connectivity index (χ3n) is 3.97. The molecule has 19 heavy (non-hydrogen) atoms. The third kappa shape index (κ3) is 2.29. The molecule has 0 aliphatic carbocycles. The smallest absolute Gasteiger partial charge is 0.311 e. The van der Waals surface area contributed by atoms with Gasteiger partial charge in [-0.05, 0) is 34.3 Å². The second kappa shape index (κ2) is 5.00. The first-order valence-electron chi connectivity index (χ1n) is 6.14. The first-order valence-corrected chi connectivity index (χ1v) is 6.93. The summed E-state index contributed by atoms with van der Waals surface area (Å²) in [6, 6.07) is 1.59. The Kier molecular flexibility index (Phi) is 3.71. The average Bonchev–Trinajstić information content (AvgIpc) is 2.94. The summed E-state index contributed by atoms with van der Waals surface area (Å²) in [5.41, 5.74) is -0.406. The number of carboxylic acids is 1. The topological polar surface area (TPSA) is 70.8 Å². The molecule has 1 aromatic rings. The maximum absolute atomic E-state index is 12.3. The van der Waals surface area contributed by atoms with Crippen LogP contribution in [0.3, 0.4) is 0 Å². The van der Waals surface area contributed by atoms with Crippen LogP contribution in [-0.2, 0) is 4.79 Å². The molecule has 1 fully saturated rings. The van der Waals surface area contributed by atoms with Gasteiger partial charge in [-0.15, -0.1) is 0 Å². The van der Waals surface area contributed by atoms with Crippen LogP contribution in [0.25, 0.3) is 0 Å². The van der Waals surface area contributed by atoms with Gasteiger partial charge in [0.05, 0.1) is 17.2 Å². The zero-order valence-corrected chi connectivity index (χ0v) is 12.4. The number of furan rings is 1. The molecule has 1 unspecified atom stereocenters. The van der Waals surface area contributed by atoms with Crippen LogP contribution >= 0.6 is 15.9 Å². The molecule has 6 heteroatoms. The van der Waals surface area contributed by atoms with Gasteiger partial charge in [-0.3, -0.25) is 9.59 Å². The van der Waals surface area contributed by atoms with Gasteiger partial charge in [-0.25, -0.2) is 0 Å². The fraction of sp³-hybridized carbons (Fsp3) is 0.538. The van der Waals surface area contributed by atoms with Crippen molar-refractivity contribution in [2.24, 2.45) is 11.3 Å². The van der Waals surface area contributed by atoms with E-state index in [4.69, 9.17) is 4.42 Å². The summed E-state index contributed by atoms with van der Waals surface area (Å²) >= 11 is 3.17. The molecule has 0 bridgehead atoms. The Bertz CT molecular complexity index is 510. The zero-order valence-electron chi connectivity index (χ0n) is 10.9. The molecule has 0 radical (unpaired) electrons. The highest BCUT2D eigenvalue weighted by molar-refractivity contribution is 9.10. The zero-order chi connectivity index (χ0) is 14.2. The van der Waals surface area contributed by atoms with Gasteiger partial charge in [0, 0.05) is 13.1 Å². The number of aliphatic carboxylic acids is 1. The molecule has 1 saturated heterocycles. The highest BCUT2D eigenvalue weighted by atomic mass is 79.9. The van der Waals surface area contributed by atoms with Gasteiger partial charge < -0.3 is 14.4 Å². The Hall–Kier alpha value is -1.30. The van der Waals surface area contributed by atoms with Gasteiger partial charge in [0.1, 0.15) is 0 Å². The Morgan fingerprint density at radius 1 is 1.53 bits per heavy atom. The Morgan fingerprint density at radius 3 is 2.63 bits per heavy atom. The van der Waals surface area contributed by atoms with Crippen LogP contribution in [0.2, 0.25) is 0 Å². The fourth-order valence-corrected chi connectivity index (χ4v) is 2.93. The lowest BCUT2D eigenvalue weighted by Gasteiger charge is -2.28. The summed E-state index contributed by atoms with van der Waals surface area (Å²) < 4.78 is 5.43. The molecule has 1 aromatic heterocycles. The van der Waals surface area contributed by atoms with Crippen molar-refractivity contribution in [2.75, 3.05) is 13.1 Å². The van der Waals surface area contributed by atoms with Crippen LogP contribution < -0.4 is 0 Å². The molecule has 2 rings (SSSR count). The number of halogens is 1. The Morgan fingerprint density at radius 2 is 2.21 bits per heavy atom. The standard InChI is InChI=1S/C13H16BrNO4/c1-8(2)13(12(17)18)4-5-15(7-13)11(16)9-3-6-19-10(9)14/h3,6,8H,4-5,7H2,1-2H3,(H,17,18). The number of amides is 1. The normalized spacial score (nSPS) is 23.1. The van der Waals surface area contributed by atoms with Crippen LogP contribution in [-0.4, -0.2) is 35.0 Å². The number of likely N-dealkylation sites (tertiary alicyclic amines) is 1. The van der Waals surface area contributed by atoms with Crippen molar-refractivity contribution in [1.29, 1.82) is 0 Å². The second-order valence-electron chi connectivity index (χ2n) is 5.20. The summed E-state index contributed by atoms with van der Waals surface area (Å²) in [6.45, 7) is 4.48. The van der Waals surface area contributed by atoms with Gasteiger partial charge in [-0.2, -0.15) is 0 Å². The first-order chi connectivity index (χ1) is 8.88. The van der Waals surface area contributed by atoms with E-state index in [0.717, 1.165) is 0 Å². The minimum Gasteiger partial charge on any atom is -0.481 e. The van der Waals surface area contributed by atoms with Crippen molar-refractivity contribution in [3.8, 4) is 0 Å². The number of hydrogen-bond donors (Lipinski definition) is 1.